The fraction of sp³-hybridized carbons (Fsp3) is 0.0769. The summed E-state index contributed by atoms with van der Waals surface area (Å²) in [6.45, 7) is 1.91. The minimum atomic E-state index is -3.61. The molecule has 0 spiro atoms. The van der Waals surface area contributed by atoms with Gasteiger partial charge in [0, 0.05) is 0 Å². The van der Waals surface area contributed by atoms with Gasteiger partial charge in [-0.25, -0.2) is 8.42 Å². The van der Waals surface area contributed by atoms with Crippen molar-refractivity contribution in [2.45, 2.75) is 11.8 Å². The van der Waals surface area contributed by atoms with Crippen LogP contribution in [0.1, 0.15) is 5.56 Å². The van der Waals surface area contributed by atoms with Crippen molar-refractivity contribution in [3.8, 4) is 0 Å². The summed E-state index contributed by atoms with van der Waals surface area (Å²) in [7, 11) is -3.61. The third kappa shape index (κ3) is 4.19. The number of sulfonamides is 1. The summed E-state index contributed by atoms with van der Waals surface area (Å²) in [4.78, 5) is 0.215. The fourth-order valence-electron chi connectivity index (χ4n) is 1.39. The van der Waals surface area contributed by atoms with Gasteiger partial charge in [0.05, 0.1) is 4.90 Å². The van der Waals surface area contributed by atoms with Crippen molar-refractivity contribution in [2.24, 2.45) is 0 Å². The first-order valence-corrected chi connectivity index (χ1v) is 6.62. The van der Waals surface area contributed by atoms with Gasteiger partial charge >= 0.3 is 51.4 Å². The van der Waals surface area contributed by atoms with Gasteiger partial charge < -0.3 is 4.72 Å². The molecule has 0 radical (unpaired) electrons. The van der Waals surface area contributed by atoms with E-state index in [-0.39, 0.29) is 56.3 Å². The van der Waals surface area contributed by atoms with Gasteiger partial charge in [-0.3, -0.25) is 0 Å². The minimum absolute atomic E-state index is 0. The Morgan fingerprint density at radius 3 is 2.00 bits per heavy atom. The Morgan fingerprint density at radius 2 is 1.44 bits per heavy atom. The third-order valence-electron chi connectivity index (χ3n) is 2.30. The first kappa shape index (κ1) is 15.9. The molecule has 0 heterocycles. The molecular formula is C13H12KNO2S. The van der Waals surface area contributed by atoms with Gasteiger partial charge in [-0.15, -0.1) is 5.69 Å². The molecule has 0 unspecified atom stereocenters. The largest absolute Gasteiger partial charge is 1.00 e. The normalized spacial score (nSPS) is 10.5. The van der Waals surface area contributed by atoms with Crippen molar-refractivity contribution in [2.75, 3.05) is 0 Å². The van der Waals surface area contributed by atoms with Crippen LogP contribution in [-0.4, -0.2) is 8.42 Å². The smallest absolute Gasteiger partial charge is 0.573 e. The number of nitrogens with zero attached hydrogens (tertiary/aromatic N) is 1. The predicted octanol–water partition coefficient (Wildman–Crippen LogP) is 0.393. The van der Waals surface area contributed by atoms with Crippen molar-refractivity contribution in [3.05, 3.63) is 64.9 Å². The van der Waals surface area contributed by atoms with E-state index in [1.165, 1.54) is 0 Å². The van der Waals surface area contributed by atoms with Gasteiger partial charge in [0.15, 0.2) is 0 Å². The van der Waals surface area contributed by atoms with Gasteiger partial charge in [-0.1, -0.05) is 48.0 Å². The second-order valence-electron chi connectivity index (χ2n) is 3.71. The SMILES string of the molecule is Cc1ccc(S(=O)(=O)[N-]c2ccccc2)cc1.[K+]. The van der Waals surface area contributed by atoms with E-state index in [1.807, 2.05) is 13.0 Å². The van der Waals surface area contributed by atoms with Crippen molar-refractivity contribution in [1.29, 1.82) is 0 Å². The summed E-state index contributed by atoms with van der Waals surface area (Å²) < 4.78 is 27.7. The molecule has 0 aromatic heterocycles. The maximum atomic E-state index is 11.9. The van der Waals surface area contributed by atoms with Crippen LogP contribution in [0.5, 0.6) is 0 Å². The molecule has 0 saturated carbocycles. The van der Waals surface area contributed by atoms with Crippen molar-refractivity contribution in [3.63, 3.8) is 0 Å². The van der Waals surface area contributed by atoms with E-state index in [1.54, 1.807) is 48.5 Å². The molecule has 18 heavy (non-hydrogen) atoms. The molecule has 3 nitrogen and oxygen atoms in total. The quantitative estimate of drug-likeness (QED) is 0.766. The molecule has 2 aromatic rings. The van der Waals surface area contributed by atoms with Crippen LogP contribution in [0.15, 0.2) is 59.5 Å². The van der Waals surface area contributed by atoms with Gasteiger partial charge in [0.2, 0.25) is 0 Å². The number of hydrogen-bond donors (Lipinski definition) is 0. The summed E-state index contributed by atoms with van der Waals surface area (Å²) in [6, 6.07) is 15.3. The molecule has 0 aliphatic carbocycles. The zero-order valence-electron chi connectivity index (χ0n) is 10.4. The topological polar surface area (TPSA) is 48.2 Å². The first-order chi connectivity index (χ1) is 8.08. The predicted molar refractivity (Wildman–Crippen MR) is 67.8 cm³/mol. The van der Waals surface area contributed by atoms with Crippen LogP contribution in [0.4, 0.5) is 5.69 Å². The average Bonchev–Trinajstić information content (AvgIpc) is 2.30. The number of benzene rings is 2. The number of aryl methyl sites for hydroxylation is 1. The van der Waals surface area contributed by atoms with Crippen LogP contribution in [0, 0.1) is 6.92 Å². The van der Waals surface area contributed by atoms with Crippen molar-refractivity contribution < 1.29 is 59.8 Å². The van der Waals surface area contributed by atoms with E-state index in [0.717, 1.165) is 5.56 Å². The van der Waals surface area contributed by atoms with Crippen LogP contribution in [0.2, 0.25) is 0 Å². The van der Waals surface area contributed by atoms with Crippen molar-refractivity contribution in [1.82, 2.24) is 0 Å². The standard InChI is InChI=1S/C13H12NO2S.K/c1-11-7-9-13(10-8-11)17(15,16)14-12-5-3-2-4-6-12;/h2-10H,1H3;/q-1;+1. The average molecular weight is 285 g/mol. The van der Waals surface area contributed by atoms with E-state index in [0.29, 0.717) is 5.69 Å². The maximum absolute atomic E-state index is 11.9. The monoisotopic (exact) mass is 285 g/mol. The second-order valence-corrected chi connectivity index (χ2v) is 5.32. The number of hydrogen-bond acceptors (Lipinski definition) is 2. The Balaban J connectivity index is 0.00000162. The van der Waals surface area contributed by atoms with Crippen LogP contribution in [-0.2, 0) is 10.0 Å². The van der Waals surface area contributed by atoms with Gasteiger partial charge in [0.1, 0.15) is 10.0 Å². The van der Waals surface area contributed by atoms with Crippen LogP contribution in [0.25, 0.3) is 4.72 Å². The first-order valence-electron chi connectivity index (χ1n) is 5.18. The molecule has 0 aliphatic heterocycles. The molecule has 5 heteroatoms. The zero-order valence-corrected chi connectivity index (χ0v) is 14.3. The summed E-state index contributed by atoms with van der Waals surface area (Å²) in [6.07, 6.45) is 0. The summed E-state index contributed by atoms with van der Waals surface area (Å²) in [5.41, 5.74) is 1.46. The van der Waals surface area contributed by atoms with E-state index >= 15 is 0 Å². The molecule has 0 fully saturated rings. The molecule has 0 atom stereocenters. The molecule has 0 bridgehead atoms. The molecule has 0 N–H and O–H groups in total. The van der Waals surface area contributed by atoms with E-state index in [9.17, 15) is 8.42 Å². The second kappa shape index (κ2) is 6.84. The third-order valence-corrected chi connectivity index (χ3v) is 3.62. The Morgan fingerprint density at radius 1 is 0.889 bits per heavy atom. The van der Waals surface area contributed by atoms with E-state index in [2.05, 4.69) is 4.72 Å². The Labute approximate surface area is 150 Å². The summed E-state index contributed by atoms with van der Waals surface area (Å²) in [5, 5.41) is 0. The maximum Gasteiger partial charge on any atom is 1.00 e. The fourth-order valence-corrected chi connectivity index (χ4v) is 2.38. The van der Waals surface area contributed by atoms with Gasteiger partial charge in [-0.05, 0) is 19.1 Å². The van der Waals surface area contributed by atoms with Crippen molar-refractivity contribution >= 4 is 15.7 Å². The molecular weight excluding hydrogens is 273 g/mol. The zero-order chi connectivity index (χ0) is 12.3. The van der Waals surface area contributed by atoms with Gasteiger partial charge in [0.25, 0.3) is 0 Å². The van der Waals surface area contributed by atoms with E-state index < -0.39 is 10.0 Å². The molecule has 88 valence electrons. The molecule has 0 aliphatic rings. The van der Waals surface area contributed by atoms with Crippen LogP contribution < -0.4 is 51.4 Å². The Hall–Kier alpha value is -0.174. The minimum Gasteiger partial charge on any atom is -0.573 e. The van der Waals surface area contributed by atoms with E-state index in [4.69, 9.17) is 0 Å². The van der Waals surface area contributed by atoms with Crippen LogP contribution >= 0.6 is 0 Å². The van der Waals surface area contributed by atoms with Gasteiger partial charge in [-0.2, -0.15) is 0 Å². The van der Waals surface area contributed by atoms with Crippen LogP contribution in [0.3, 0.4) is 0 Å². The molecule has 2 rings (SSSR count). The Kier molecular flexibility index (Phi) is 6.03. The number of rotatable bonds is 3. The molecule has 0 saturated heterocycles. The molecule has 0 amide bonds. The molecule has 2 aromatic carbocycles. The summed E-state index contributed by atoms with van der Waals surface area (Å²) in [5.74, 6) is 0. The summed E-state index contributed by atoms with van der Waals surface area (Å²) >= 11 is 0. The Bertz CT molecular complexity index is 595.